The molecule has 0 saturated carbocycles. The SMILES string of the molecule is CCc1cc(NC(=O)C2CNC2)n[nH]1. The molecule has 3 N–H and O–H groups in total. The molecule has 1 aromatic heterocycles. The largest absolute Gasteiger partial charge is 0.315 e. The first-order valence-electron chi connectivity index (χ1n) is 4.85. The summed E-state index contributed by atoms with van der Waals surface area (Å²) in [7, 11) is 0. The summed E-state index contributed by atoms with van der Waals surface area (Å²) in [5.41, 5.74) is 1.03. The van der Waals surface area contributed by atoms with Crippen LogP contribution in [0.25, 0.3) is 0 Å². The summed E-state index contributed by atoms with van der Waals surface area (Å²) in [6, 6.07) is 1.87. The number of carbonyl (C=O) groups excluding carboxylic acids is 1. The first-order valence-corrected chi connectivity index (χ1v) is 4.85. The van der Waals surface area contributed by atoms with Crippen molar-refractivity contribution in [2.75, 3.05) is 18.4 Å². The highest BCUT2D eigenvalue weighted by Gasteiger charge is 2.25. The maximum absolute atomic E-state index is 11.5. The van der Waals surface area contributed by atoms with Crippen LogP contribution in [0.3, 0.4) is 0 Å². The molecule has 5 nitrogen and oxygen atoms in total. The summed E-state index contributed by atoms with van der Waals surface area (Å²) in [6.45, 7) is 3.59. The fraction of sp³-hybridized carbons (Fsp3) is 0.556. The normalized spacial score (nSPS) is 16.4. The van der Waals surface area contributed by atoms with Crippen molar-refractivity contribution in [3.8, 4) is 0 Å². The first kappa shape index (κ1) is 9.21. The Morgan fingerprint density at radius 2 is 2.50 bits per heavy atom. The van der Waals surface area contributed by atoms with Crippen LogP contribution in [0.15, 0.2) is 6.07 Å². The molecule has 1 fully saturated rings. The van der Waals surface area contributed by atoms with Crippen LogP contribution >= 0.6 is 0 Å². The predicted molar refractivity (Wildman–Crippen MR) is 53.0 cm³/mol. The Kier molecular flexibility index (Phi) is 2.49. The molecule has 14 heavy (non-hydrogen) atoms. The monoisotopic (exact) mass is 194 g/mol. The second-order valence-electron chi connectivity index (χ2n) is 3.48. The third-order valence-corrected chi connectivity index (χ3v) is 2.42. The molecular formula is C9H14N4O. The lowest BCUT2D eigenvalue weighted by Crippen LogP contribution is -2.48. The molecule has 2 rings (SSSR count). The van der Waals surface area contributed by atoms with E-state index < -0.39 is 0 Å². The number of hydrogen-bond acceptors (Lipinski definition) is 3. The lowest BCUT2D eigenvalue weighted by atomic mass is 10.0. The van der Waals surface area contributed by atoms with E-state index in [0.717, 1.165) is 25.2 Å². The van der Waals surface area contributed by atoms with Gasteiger partial charge in [-0.1, -0.05) is 6.92 Å². The Bertz CT molecular complexity index is 329. The molecule has 0 atom stereocenters. The zero-order chi connectivity index (χ0) is 9.97. The van der Waals surface area contributed by atoms with Gasteiger partial charge < -0.3 is 10.6 Å². The van der Waals surface area contributed by atoms with Gasteiger partial charge in [-0.15, -0.1) is 0 Å². The molecule has 1 aromatic rings. The number of nitrogens with one attached hydrogen (secondary N) is 3. The first-order chi connectivity index (χ1) is 6.79. The average molecular weight is 194 g/mol. The van der Waals surface area contributed by atoms with Gasteiger partial charge in [0.05, 0.1) is 5.92 Å². The molecule has 76 valence electrons. The lowest BCUT2D eigenvalue weighted by Gasteiger charge is -2.25. The summed E-state index contributed by atoms with van der Waals surface area (Å²) < 4.78 is 0. The second kappa shape index (κ2) is 3.79. The topological polar surface area (TPSA) is 69.8 Å². The maximum atomic E-state index is 11.5. The van der Waals surface area contributed by atoms with Crippen molar-refractivity contribution in [3.05, 3.63) is 11.8 Å². The van der Waals surface area contributed by atoms with Crippen LogP contribution in [0.1, 0.15) is 12.6 Å². The van der Waals surface area contributed by atoms with Crippen LogP contribution in [0.2, 0.25) is 0 Å². The smallest absolute Gasteiger partial charge is 0.231 e. The highest BCUT2D eigenvalue weighted by molar-refractivity contribution is 5.92. The Labute approximate surface area is 82.3 Å². The van der Waals surface area contributed by atoms with Gasteiger partial charge in [0, 0.05) is 24.8 Å². The lowest BCUT2D eigenvalue weighted by molar-refractivity contribution is -0.121. The number of anilines is 1. The Morgan fingerprint density at radius 3 is 3.00 bits per heavy atom. The van der Waals surface area contributed by atoms with Crippen LogP contribution in [0.4, 0.5) is 5.82 Å². The molecule has 0 aromatic carbocycles. The highest BCUT2D eigenvalue weighted by Crippen LogP contribution is 2.09. The van der Waals surface area contributed by atoms with Crippen LogP contribution in [0.5, 0.6) is 0 Å². The van der Waals surface area contributed by atoms with E-state index in [4.69, 9.17) is 0 Å². The van der Waals surface area contributed by atoms with Crippen molar-refractivity contribution in [3.63, 3.8) is 0 Å². The molecule has 1 saturated heterocycles. The number of aromatic nitrogens is 2. The fourth-order valence-corrected chi connectivity index (χ4v) is 1.31. The summed E-state index contributed by atoms with van der Waals surface area (Å²) >= 11 is 0. The van der Waals surface area contributed by atoms with Crippen LogP contribution in [0, 0.1) is 5.92 Å². The number of carbonyl (C=O) groups is 1. The van der Waals surface area contributed by atoms with E-state index in [1.807, 2.05) is 13.0 Å². The molecule has 1 aliphatic rings. The molecule has 1 amide bonds. The molecule has 5 heteroatoms. The van der Waals surface area contributed by atoms with E-state index in [9.17, 15) is 4.79 Å². The summed E-state index contributed by atoms with van der Waals surface area (Å²) in [6.07, 6.45) is 0.897. The van der Waals surface area contributed by atoms with Crippen LogP contribution in [-0.2, 0) is 11.2 Å². The molecule has 0 radical (unpaired) electrons. The van der Waals surface area contributed by atoms with Gasteiger partial charge in [-0.3, -0.25) is 9.89 Å². The van der Waals surface area contributed by atoms with E-state index in [1.165, 1.54) is 0 Å². The molecular weight excluding hydrogens is 180 g/mol. The van der Waals surface area contributed by atoms with Gasteiger partial charge >= 0.3 is 0 Å². The van der Waals surface area contributed by atoms with Gasteiger partial charge in [0.2, 0.25) is 5.91 Å². The van der Waals surface area contributed by atoms with E-state index in [0.29, 0.717) is 5.82 Å². The zero-order valence-electron chi connectivity index (χ0n) is 8.13. The second-order valence-corrected chi connectivity index (χ2v) is 3.48. The Morgan fingerprint density at radius 1 is 1.71 bits per heavy atom. The molecule has 2 heterocycles. The Hall–Kier alpha value is -1.36. The summed E-state index contributed by atoms with van der Waals surface area (Å²) in [5.74, 6) is 0.786. The number of amides is 1. The van der Waals surface area contributed by atoms with Gasteiger partial charge in [-0.2, -0.15) is 5.10 Å². The van der Waals surface area contributed by atoms with Crippen molar-refractivity contribution in [2.45, 2.75) is 13.3 Å². The van der Waals surface area contributed by atoms with E-state index in [-0.39, 0.29) is 11.8 Å². The quantitative estimate of drug-likeness (QED) is 0.640. The van der Waals surface area contributed by atoms with Gasteiger partial charge in [-0.25, -0.2) is 0 Å². The van der Waals surface area contributed by atoms with Crippen molar-refractivity contribution >= 4 is 11.7 Å². The molecule has 0 spiro atoms. The third-order valence-electron chi connectivity index (χ3n) is 2.42. The number of aromatic amines is 1. The molecule has 0 bridgehead atoms. The predicted octanol–water partition coefficient (Wildman–Crippen LogP) is 0.130. The van der Waals surface area contributed by atoms with E-state index >= 15 is 0 Å². The zero-order valence-corrected chi connectivity index (χ0v) is 8.13. The minimum Gasteiger partial charge on any atom is -0.315 e. The minimum atomic E-state index is 0.0536. The number of rotatable bonds is 3. The van der Waals surface area contributed by atoms with Gasteiger partial charge in [0.1, 0.15) is 0 Å². The van der Waals surface area contributed by atoms with Crippen molar-refractivity contribution < 1.29 is 4.79 Å². The van der Waals surface area contributed by atoms with Gasteiger partial charge in [0.15, 0.2) is 5.82 Å². The summed E-state index contributed by atoms with van der Waals surface area (Å²) in [4.78, 5) is 11.5. The van der Waals surface area contributed by atoms with E-state index in [1.54, 1.807) is 0 Å². The van der Waals surface area contributed by atoms with Crippen molar-refractivity contribution in [1.29, 1.82) is 0 Å². The number of hydrogen-bond donors (Lipinski definition) is 3. The third kappa shape index (κ3) is 1.77. The average Bonchev–Trinajstić information content (AvgIpc) is 2.48. The van der Waals surface area contributed by atoms with E-state index in [2.05, 4.69) is 20.8 Å². The molecule has 1 aliphatic heterocycles. The minimum absolute atomic E-state index is 0.0536. The Balaban J connectivity index is 1.92. The van der Waals surface area contributed by atoms with Crippen LogP contribution < -0.4 is 10.6 Å². The molecule has 0 aliphatic carbocycles. The van der Waals surface area contributed by atoms with Crippen LogP contribution in [-0.4, -0.2) is 29.2 Å². The maximum Gasteiger partial charge on any atom is 0.231 e. The highest BCUT2D eigenvalue weighted by atomic mass is 16.2. The van der Waals surface area contributed by atoms with Gasteiger partial charge in [0.25, 0.3) is 0 Å². The number of aryl methyl sites for hydroxylation is 1. The number of H-pyrrole nitrogens is 1. The van der Waals surface area contributed by atoms with Crippen molar-refractivity contribution in [1.82, 2.24) is 15.5 Å². The fourth-order valence-electron chi connectivity index (χ4n) is 1.31. The van der Waals surface area contributed by atoms with Crippen molar-refractivity contribution in [2.24, 2.45) is 5.92 Å². The summed E-state index contributed by atoms with van der Waals surface area (Å²) in [5, 5.41) is 12.7. The number of nitrogens with zero attached hydrogens (tertiary/aromatic N) is 1. The molecule has 0 unspecified atom stereocenters. The van der Waals surface area contributed by atoms with Gasteiger partial charge in [-0.05, 0) is 6.42 Å². The standard InChI is InChI=1S/C9H14N4O/c1-2-7-3-8(13-12-7)11-9(14)6-4-10-5-6/h3,6,10H,2,4-5H2,1H3,(H2,11,12,13,14).